The molecule has 0 fully saturated rings. The lowest BCUT2D eigenvalue weighted by Gasteiger charge is -2.31. The average molecular weight is 842 g/mol. The number of rotatable bonds is 6. The number of aromatic hydroxyl groups is 2. The molecule has 312 valence electrons. The van der Waals surface area contributed by atoms with E-state index in [1.807, 2.05) is 86.0 Å². The van der Waals surface area contributed by atoms with Crippen LogP contribution < -0.4 is 9.48 Å². The summed E-state index contributed by atoms with van der Waals surface area (Å²) in [7, 11) is 0. The van der Waals surface area contributed by atoms with Gasteiger partial charge in [-0.1, -0.05) is 96.1 Å². The highest BCUT2D eigenvalue weighted by atomic mass is 19.4. The standard InChI is InChI=1S/C53H39F3N2O5/c1-29-13-20-35(21-14-29)57(50-31(3)17-18-33-9-5-7-11-39(33)50)37-25-42(59)48(43(60)26-37)46-32(4)47(52(46)63)49-44(61)27-38(28-45(49)62)58(36-22-15-30(2)16-23-36)51-40-12-8-6-10-34(40)19-24-41(51)53(54,55)56/h5-28H,1-4H3,(H3,59,60,61,62)/p+1. The Morgan fingerprint density at radius 2 is 1.11 bits per heavy atom. The van der Waals surface area contributed by atoms with E-state index in [0.717, 1.165) is 44.9 Å². The molecule has 10 heteroatoms. The van der Waals surface area contributed by atoms with Crippen molar-refractivity contribution in [1.82, 2.24) is 4.58 Å². The number of allylic oxidation sites excluding steroid dienone is 5. The second-order valence-electron chi connectivity index (χ2n) is 15.9. The van der Waals surface area contributed by atoms with Gasteiger partial charge in [0, 0.05) is 52.0 Å². The number of aliphatic hydroxyl groups excluding tert-OH is 2. The third kappa shape index (κ3) is 6.89. The van der Waals surface area contributed by atoms with E-state index >= 15 is 0 Å². The number of nitrogens with zero attached hydrogens (tertiary/aromatic N) is 2. The number of halogens is 3. The second-order valence-corrected chi connectivity index (χ2v) is 15.9. The van der Waals surface area contributed by atoms with Gasteiger partial charge in [0.05, 0.1) is 45.6 Å². The van der Waals surface area contributed by atoms with E-state index in [-0.39, 0.29) is 56.1 Å². The Morgan fingerprint density at radius 1 is 0.571 bits per heavy atom. The summed E-state index contributed by atoms with van der Waals surface area (Å²) in [4.78, 5) is 15.5. The van der Waals surface area contributed by atoms with Crippen molar-refractivity contribution < 1.29 is 38.4 Å². The highest BCUT2D eigenvalue weighted by Crippen LogP contribution is 2.52. The molecule has 2 aliphatic carbocycles. The van der Waals surface area contributed by atoms with Gasteiger partial charge in [0.25, 0.3) is 0 Å². The SMILES string of the molecule is CC1=C(c2c(O)cc(N(c3ccc(C)cc3)c3c(C(F)(F)F)ccc4ccccc34)cc2O)C(=O)C1=C1C(O)=CC(=[N+](c2ccc(C)cc2)c2c(C)ccc3ccccc23)C=C1O. The maximum atomic E-state index is 14.8. The first-order chi connectivity index (χ1) is 30.1. The molecule has 7 aromatic rings. The summed E-state index contributed by atoms with van der Waals surface area (Å²) >= 11 is 0. The molecule has 0 amide bonds. The van der Waals surface area contributed by atoms with Crippen molar-refractivity contribution >= 4 is 67.0 Å². The number of phenols is 2. The number of phenolic OH excluding ortho intramolecular Hbond substituents is 2. The number of anilines is 3. The summed E-state index contributed by atoms with van der Waals surface area (Å²) in [5.74, 6) is -2.57. The Balaban J connectivity index is 1.18. The van der Waals surface area contributed by atoms with Crippen molar-refractivity contribution in [3.8, 4) is 11.5 Å². The van der Waals surface area contributed by atoms with E-state index in [4.69, 9.17) is 0 Å². The van der Waals surface area contributed by atoms with Gasteiger partial charge in [0.1, 0.15) is 23.0 Å². The molecule has 7 aromatic carbocycles. The molecule has 0 aliphatic heterocycles. The van der Waals surface area contributed by atoms with Gasteiger partial charge in [0.2, 0.25) is 17.1 Å². The third-order valence-electron chi connectivity index (χ3n) is 11.7. The number of aliphatic hydroxyl groups is 2. The molecular weight excluding hydrogens is 802 g/mol. The van der Waals surface area contributed by atoms with E-state index in [9.17, 15) is 38.4 Å². The van der Waals surface area contributed by atoms with E-state index in [1.54, 1.807) is 55.5 Å². The van der Waals surface area contributed by atoms with Gasteiger partial charge in [0.15, 0.2) is 5.78 Å². The van der Waals surface area contributed by atoms with Gasteiger partial charge >= 0.3 is 6.18 Å². The fraction of sp³-hybridized carbons (Fsp3) is 0.0943. The van der Waals surface area contributed by atoms with Gasteiger partial charge in [-0.15, -0.1) is 0 Å². The topological polar surface area (TPSA) is 104 Å². The minimum absolute atomic E-state index is 0.000811. The Kier molecular flexibility index (Phi) is 9.82. The first kappa shape index (κ1) is 40.6. The number of carbonyl (C=O) groups is 1. The third-order valence-corrected chi connectivity index (χ3v) is 11.7. The smallest absolute Gasteiger partial charge is 0.418 e. The maximum absolute atomic E-state index is 14.8. The molecule has 0 unspecified atom stereocenters. The largest absolute Gasteiger partial charge is 0.507 e. The Labute approximate surface area is 360 Å². The first-order valence-corrected chi connectivity index (χ1v) is 20.2. The van der Waals surface area contributed by atoms with Gasteiger partial charge in [-0.2, -0.15) is 17.7 Å². The highest BCUT2D eigenvalue weighted by molar-refractivity contribution is 6.41. The Morgan fingerprint density at radius 3 is 1.70 bits per heavy atom. The number of hydrogen-bond acceptors (Lipinski definition) is 6. The molecule has 63 heavy (non-hydrogen) atoms. The molecule has 2 aliphatic rings. The van der Waals surface area contributed by atoms with Gasteiger partial charge < -0.3 is 25.3 Å². The predicted molar refractivity (Wildman–Crippen MR) is 244 cm³/mol. The molecule has 0 heterocycles. The van der Waals surface area contributed by atoms with Crippen LogP contribution in [0.5, 0.6) is 11.5 Å². The number of hydrogen-bond donors (Lipinski definition) is 4. The van der Waals surface area contributed by atoms with Crippen LogP contribution in [0.4, 0.5) is 41.6 Å². The second kappa shape index (κ2) is 15.3. The summed E-state index contributed by atoms with van der Waals surface area (Å²) < 4.78 is 46.4. The van der Waals surface area contributed by atoms with Crippen LogP contribution in [-0.4, -0.2) is 31.9 Å². The van der Waals surface area contributed by atoms with E-state index in [0.29, 0.717) is 16.8 Å². The number of aryl methyl sites for hydroxylation is 3. The van der Waals surface area contributed by atoms with Crippen LogP contribution >= 0.6 is 0 Å². The van der Waals surface area contributed by atoms with E-state index in [2.05, 4.69) is 0 Å². The lowest BCUT2D eigenvalue weighted by molar-refractivity contribution is -0.137. The Hall–Kier alpha value is -7.85. The van der Waals surface area contributed by atoms with Crippen molar-refractivity contribution in [1.29, 1.82) is 0 Å². The van der Waals surface area contributed by atoms with Crippen LogP contribution in [0.1, 0.15) is 34.7 Å². The van der Waals surface area contributed by atoms with Crippen LogP contribution in [0.3, 0.4) is 0 Å². The minimum Gasteiger partial charge on any atom is -0.507 e. The van der Waals surface area contributed by atoms with Gasteiger partial charge in [-0.05, 0) is 68.3 Å². The summed E-state index contributed by atoms with van der Waals surface area (Å²) in [6, 6.07) is 38.0. The maximum Gasteiger partial charge on any atom is 0.418 e. The van der Waals surface area contributed by atoms with Gasteiger partial charge in [-0.25, -0.2) is 0 Å². The Bertz CT molecular complexity index is 3200. The molecule has 0 bridgehead atoms. The van der Waals surface area contributed by atoms with Crippen molar-refractivity contribution in [2.45, 2.75) is 33.9 Å². The lowest BCUT2D eigenvalue weighted by atomic mass is 9.74. The van der Waals surface area contributed by atoms with Crippen molar-refractivity contribution in [3.05, 3.63) is 202 Å². The molecular formula is C53H40F3N2O5+. The number of ketones is 1. The minimum atomic E-state index is -4.78. The molecule has 0 radical (unpaired) electrons. The van der Waals surface area contributed by atoms with E-state index < -0.39 is 29.0 Å². The number of carbonyl (C=O) groups excluding carboxylic acids is 1. The molecule has 0 saturated heterocycles. The predicted octanol–water partition coefficient (Wildman–Crippen LogP) is 13.3. The van der Waals surface area contributed by atoms with Crippen molar-refractivity contribution in [2.75, 3.05) is 4.90 Å². The zero-order valence-electron chi connectivity index (χ0n) is 34.6. The summed E-state index contributed by atoms with van der Waals surface area (Å²) in [6.07, 6.45) is -1.82. The number of fused-ring (bicyclic) bond motifs is 2. The zero-order valence-corrected chi connectivity index (χ0v) is 34.6. The van der Waals surface area contributed by atoms with Gasteiger partial charge in [-0.3, -0.25) is 4.79 Å². The summed E-state index contributed by atoms with van der Waals surface area (Å²) in [5, 5.41) is 49.5. The lowest BCUT2D eigenvalue weighted by Crippen LogP contribution is -2.25. The van der Waals surface area contributed by atoms with Crippen LogP contribution in [0.25, 0.3) is 27.1 Å². The van der Waals surface area contributed by atoms with Crippen molar-refractivity contribution in [3.63, 3.8) is 0 Å². The number of alkyl halides is 3. The molecule has 4 N–H and O–H groups in total. The number of benzene rings is 7. The molecule has 0 aromatic heterocycles. The van der Waals surface area contributed by atoms with Crippen LogP contribution in [0.15, 0.2) is 174 Å². The number of Topliss-reactive ketones (excluding diaryl/α,β-unsaturated/α-hetero) is 1. The summed E-state index contributed by atoms with van der Waals surface area (Å²) in [6.45, 7) is 7.37. The average Bonchev–Trinajstić information content (AvgIpc) is 3.25. The fourth-order valence-corrected chi connectivity index (χ4v) is 8.68. The quantitative estimate of drug-likeness (QED) is 0.0982. The fourth-order valence-electron chi connectivity index (χ4n) is 8.68. The normalized spacial score (nSPS) is 14.3. The molecule has 7 nitrogen and oxygen atoms in total. The molecule has 0 saturated carbocycles. The zero-order chi connectivity index (χ0) is 44.5. The van der Waals surface area contributed by atoms with Crippen LogP contribution in [-0.2, 0) is 11.0 Å². The summed E-state index contributed by atoms with van der Waals surface area (Å²) in [5.41, 5.74) is 3.85. The molecule has 0 atom stereocenters. The monoisotopic (exact) mass is 841 g/mol. The highest BCUT2D eigenvalue weighted by Gasteiger charge is 2.41. The molecule has 9 rings (SSSR count). The van der Waals surface area contributed by atoms with Crippen LogP contribution in [0, 0.1) is 20.8 Å². The van der Waals surface area contributed by atoms with Crippen LogP contribution in [0.2, 0.25) is 0 Å². The first-order valence-electron chi connectivity index (χ1n) is 20.2. The molecule has 0 spiro atoms. The van der Waals surface area contributed by atoms with Crippen molar-refractivity contribution in [2.24, 2.45) is 0 Å². The van der Waals surface area contributed by atoms with E-state index in [1.165, 1.54) is 35.3 Å².